The maximum Gasteiger partial charge on any atom is 0.281 e. The van der Waals surface area contributed by atoms with Gasteiger partial charge in [-0.05, 0) is 51.1 Å². The van der Waals surface area contributed by atoms with E-state index in [1.54, 1.807) is 15.7 Å². The first-order valence-electron chi connectivity index (χ1n) is 8.34. The second kappa shape index (κ2) is 7.40. The quantitative estimate of drug-likeness (QED) is 0.839. The van der Waals surface area contributed by atoms with Gasteiger partial charge in [0.05, 0.1) is 0 Å². The van der Waals surface area contributed by atoms with Crippen molar-refractivity contribution in [2.75, 3.05) is 33.7 Å². The Balaban J connectivity index is 2.05. The molecule has 0 aromatic carbocycles. The molecule has 0 radical (unpaired) electrons. The van der Waals surface area contributed by atoms with Crippen LogP contribution in [0.5, 0.6) is 0 Å². The van der Waals surface area contributed by atoms with Crippen molar-refractivity contribution < 1.29 is 8.42 Å². The summed E-state index contributed by atoms with van der Waals surface area (Å²) >= 11 is 0. The zero-order valence-electron chi connectivity index (χ0n) is 13.7. The Morgan fingerprint density at radius 2 is 1.90 bits per heavy atom. The molecule has 3 atom stereocenters. The van der Waals surface area contributed by atoms with Crippen LogP contribution in [0.4, 0.5) is 0 Å². The number of nitrogens with zero attached hydrogens (tertiary/aromatic N) is 2. The lowest BCUT2D eigenvalue weighted by molar-refractivity contribution is 0.189. The third kappa shape index (κ3) is 3.97. The molecular formula is C15H31N3O2S. The summed E-state index contributed by atoms with van der Waals surface area (Å²) < 4.78 is 29.2. The number of hydrogen-bond donors (Lipinski definition) is 1. The molecule has 3 unspecified atom stereocenters. The highest BCUT2D eigenvalue weighted by molar-refractivity contribution is 7.86. The highest BCUT2D eigenvalue weighted by Crippen LogP contribution is 2.30. The van der Waals surface area contributed by atoms with Crippen molar-refractivity contribution in [3.05, 3.63) is 0 Å². The highest BCUT2D eigenvalue weighted by Gasteiger charge is 2.37. The smallest absolute Gasteiger partial charge is 0.281 e. The van der Waals surface area contributed by atoms with Crippen LogP contribution in [-0.2, 0) is 10.2 Å². The number of hydrogen-bond acceptors (Lipinski definition) is 3. The standard InChI is InChI=1S/C15H31N3O2S/c1-13-7-4-5-9-15(13)17(3)21(19,20)18-10-6-8-14(12-18)11-16-2/h13-16H,4-12H2,1-3H3. The predicted molar refractivity (Wildman–Crippen MR) is 86.3 cm³/mol. The molecule has 2 rings (SSSR count). The van der Waals surface area contributed by atoms with Gasteiger partial charge in [0.15, 0.2) is 0 Å². The zero-order valence-corrected chi connectivity index (χ0v) is 14.5. The lowest BCUT2D eigenvalue weighted by Crippen LogP contribution is -2.52. The first kappa shape index (κ1) is 17.2. The van der Waals surface area contributed by atoms with E-state index >= 15 is 0 Å². The Hall–Kier alpha value is -0.170. The van der Waals surface area contributed by atoms with Gasteiger partial charge in [0.2, 0.25) is 0 Å². The summed E-state index contributed by atoms with van der Waals surface area (Å²) in [5, 5.41) is 3.17. The first-order valence-corrected chi connectivity index (χ1v) is 9.74. The maximum atomic E-state index is 12.9. The second-order valence-electron chi connectivity index (χ2n) is 6.78. The van der Waals surface area contributed by atoms with E-state index < -0.39 is 10.2 Å². The largest absolute Gasteiger partial charge is 0.319 e. The Bertz CT molecular complexity index is 425. The number of nitrogens with one attached hydrogen (secondary N) is 1. The van der Waals surface area contributed by atoms with Crippen LogP contribution in [0.2, 0.25) is 0 Å². The minimum atomic E-state index is -3.31. The average Bonchev–Trinajstić information content (AvgIpc) is 2.48. The van der Waals surface area contributed by atoms with Crippen LogP contribution in [-0.4, -0.2) is 56.8 Å². The fourth-order valence-corrected chi connectivity index (χ4v) is 5.66. The summed E-state index contributed by atoms with van der Waals surface area (Å²) in [5.41, 5.74) is 0. The molecule has 6 heteroatoms. The molecule has 124 valence electrons. The number of piperidine rings is 1. The van der Waals surface area contributed by atoms with Crippen molar-refractivity contribution in [1.82, 2.24) is 13.9 Å². The van der Waals surface area contributed by atoms with E-state index in [2.05, 4.69) is 12.2 Å². The molecular weight excluding hydrogens is 286 g/mol. The average molecular weight is 317 g/mol. The molecule has 1 saturated heterocycles. The van der Waals surface area contributed by atoms with Gasteiger partial charge in [-0.25, -0.2) is 0 Å². The third-order valence-corrected chi connectivity index (χ3v) is 7.18. The summed E-state index contributed by atoms with van der Waals surface area (Å²) in [6.45, 7) is 4.42. The molecule has 0 spiro atoms. The molecule has 1 aliphatic heterocycles. The highest BCUT2D eigenvalue weighted by atomic mass is 32.2. The Kier molecular flexibility index (Phi) is 6.05. The third-order valence-electron chi connectivity index (χ3n) is 5.20. The van der Waals surface area contributed by atoms with Crippen molar-refractivity contribution in [2.45, 2.75) is 51.5 Å². The molecule has 1 N–H and O–H groups in total. The van der Waals surface area contributed by atoms with Crippen LogP contribution >= 0.6 is 0 Å². The lowest BCUT2D eigenvalue weighted by atomic mass is 9.86. The lowest BCUT2D eigenvalue weighted by Gasteiger charge is -2.40. The van der Waals surface area contributed by atoms with Gasteiger partial charge in [-0.2, -0.15) is 17.0 Å². The molecule has 2 fully saturated rings. The van der Waals surface area contributed by atoms with Crippen LogP contribution in [0, 0.1) is 11.8 Å². The van der Waals surface area contributed by atoms with E-state index in [-0.39, 0.29) is 6.04 Å². The van der Waals surface area contributed by atoms with Crippen LogP contribution in [0.25, 0.3) is 0 Å². The first-order chi connectivity index (χ1) is 9.96. The van der Waals surface area contributed by atoms with Crippen LogP contribution in [0.15, 0.2) is 0 Å². The van der Waals surface area contributed by atoms with Gasteiger partial charge in [0, 0.05) is 26.2 Å². The van der Waals surface area contributed by atoms with E-state index in [9.17, 15) is 8.42 Å². The summed E-state index contributed by atoms with van der Waals surface area (Å²) in [7, 11) is 0.408. The topological polar surface area (TPSA) is 52.7 Å². The molecule has 2 aliphatic rings. The van der Waals surface area contributed by atoms with Crippen molar-refractivity contribution in [3.8, 4) is 0 Å². The normalized spacial score (nSPS) is 32.5. The van der Waals surface area contributed by atoms with Gasteiger partial charge in [0.1, 0.15) is 0 Å². The van der Waals surface area contributed by atoms with E-state index in [4.69, 9.17) is 0 Å². The van der Waals surface area contributed by atoms with E-state index in [0.29, 0.717) is 24.9 Å². The van der Waals surface area contributed by atoms with Crippen molar-refractivity contribution in [2.24, 2.45) is 11.8 Å². The minimum Gasteiger partial charge on any atom is -0.319 e. The Morgan fingerprint density at radius 1 is 1.19 bits per heavy atom. The molecule has 5 nitrogen and oxygen atoms in total. The second-order valence-corrected chi connectivity index (χ2v) is 8.77. The van der Waals surface area contributed by atoms with Crippen LogP contribution in [0.1, 0.15) is 45.4 Å². The predicted octanol–water partition coefficient (Wildman–Crippen LogP) is 1.67. The monoisotopic (exact) mass is 317 g/mol. The Labute approximate surface area is 130 Å². The van der Waals surface area contributed by atoms with Gasteiger partial charge in [-0.1, -0.05) is 19.8 Å². The summed E-state index contributed by atoms with van der Waals surface area (Å²) in [6, 6.07) is 0.174. The van der Waals surface area contributed by atoms with Gasteiger partial charge < -0.3 is 5.32 Å². The molecule has 21 heavy (non-hydrogen) atoms. The fraction of sp³-hybridized carbons (Fsp3) is 1.00. The summed E-state index contributed by atoms with van der Waals surface area (Å²) in [4.78, 5) is 0. The molecule has 0 aromatic rings. The number of rotatable bonds is 5. The van der Waals surface area contributed by atoms with Gasteiger partial charge in [0.25, 0.3) is 10.2 Å². The molecule has 0 amide bonds. The summed E-state index contributed by atoms with van der Waals surface area (Å²) in [5.74, 6) is 0.909. The molecule has 1 heterocycles. The zero-order chi connectivity index (χ0) is 15.5. The van der Waals surface area contributed by atoms with Crippen LogP contribution in [0.3, 0.4) is 0 Å². The Morgan fingerprint density at radius 3 is 2.57 bits per heavy atom. The minimum absolute atomic E-state index is 0.174. The van der Waals surface area contributed by atoms with Crippen molar-refractivity contribution in [3.63, 3.8) is 0 Å². The van der Waals surface area contributed by atoms with Crippen molar-refractivity contribution >= 4 is 10.2 Å². The van der Waals surface area contributed by atoms with Crippen LogP contribution < -0.4 is 5.32 Å². The van der Waals surface area contributed by atoms with Gasteiger partial charge >= 0.3 is 0 Å². The molecule has 0 aromatic heterocycles. The van der Waals surface area contributed by atoms with E-state index in [1.165, 1.54) is 6.42 Å². The van der Waals surface area contributed by atoms with Gasteiger partial charge in [-0.3, -0.25) is 0 Å². The molecule has 1 saturated carbocycles. The maximum absolute atomic E-state index is 12.9. The van der Waals surface area contributed by atoms with Gasteiger partial charge in [-0.15, -0.1) is 0 Å². The van der Waals surface area contributed by atoms with E-state index in [1.807, 2.05) is 7.05 Å². The molecule has 0 bridgehead atoms. The van der Waals surface area contributed by atoms with Crippen molar-refractivity contribution in [1.29, 1.82) is 0 Å². The summed E-state index contributed by atoms with van der Waals surface area (Å²) in [6.07, 6.45) is 6.63. The fourth-order valence-electron chi connectivity index (χ4n) is 3.88. The molecule has 1 aliphatic carbocycles. The SMILES string of the molecule is CNCC1CCCN(S(=O)(=O)N(C)C2CCCCC2C)C1. The van der Waals surface area contributed by atoms with E-state index in [0.717, 1.165) is 38.6 Å².